The predicted molar refractivity (Wildman–Crippen MR) is 52.7 cm³/mol. The van der Waals surface area contributed by atoms with Crippen LogP contribution in [0.25, 0.3) is 0 Å². The minimum Gasteiger partial charge on any atom is -0.391 e. The quantitative estimate of drug-likeness (QED) is 0.546. The van der Waals surface area contributed by atoms with E-state index in [9.17, 15) is 15.3 Å². The molecule has 16 heavy (non-hydrogen) atoms. The molecule has 0 amide bonds. The van der Waals surface area contributed by atoms with Crippen LogP contribution in [-0.4, -0.2) is 65.8 Å². The Kier molecular flexibility index (Phi) is 4.12. The number of hydrogen-bond acceptors (Lipinski definition) is 6. The van der Waals surface area contributed by atoms with Crippen LogP contribution in [0.4, 0.5) is 0 Å². The van der Waals surface area contributed by atoms with Gasteiger partial charge in [-0.15, -0.1) is 0 Å². The maximum absolute atomic E-state index is 9.62. The van der Waals surface area contributed by atoms with E-state index in [0.717, 1.165) is 0 Å². The number of ether oxygens (including phenoxy) is 3. The van der Waals surface area contributed by atoms with E-state index in [4.69, 9.17) is 14.2 Å². The van der Waals surface area contributed by atoms with Gasteiger partial charge in [0, 0.05) is 12.8 Å². The molecule has 2 aliphatic rings. The molecule has 0 aromatic rings. The van der Waals surface area contributed by atoms with Crippen molar-refractivity contribution in [1.29, 1.82) is 0 Å². The highest BCUT2D eigenvalue weighted by Gasteiger charge is 2.33. The third kappa shape index (κ3) is 3.13. The molecule has 2 heterocycles. The molecule has 0 aliphatic carbocycles. The van der Waals surface area contributed by atoms with E-state index in [1.807, 2.05) is 0 Å². The summed E-state index contributed by atoms with van der Waals surface area (Å²) in [5.74, 6) is 0. The first-order chi connectivity index (χ1) is 7.65. The first-order valence-electron chi connectivity index (χ1n) is 5.54. The van der Waals surface area contributed by atoms with Gasteiger partial charge < -0.3 is 29.5 Å². The lowest BCUT2D eigenvalue weighted by molar-refractivity contribution is -0.266. The van der Waals surface area contributed by atoms with Crippen LogP contribution in [0.3, 0.4) is 0 Å². The van der Waals surface area contributed by atoms with E-state index in [1.165, 1.54) is 0 Å². The zero-order valence-electron chi connectivity index (χ0n) is 8.99. The lowest BCUT2D eigenvalue weighted by Crippen LogP contribution is -2.46. The molecule has 6 nitrogen and oxygen atoms in total. The minimum atomic E-state index is -0.831. The second-order valence-corrected chi connectivity index (χ2v) is 4.34. The molecule has 0 aromatic heterocycles. The fourth-order valence-electron chi connectivity index (χ4n) is 1.96. The third-order valence-corrected chi connectivity index (χ3v) is 2.76. The highest BCUT2D eigenvalue weighted by atomic mass is 16.7. The highest BCUT2D eigenvalue weighted by Crippen LogP contribution is 2.20. The van der Waals surface area contributed by atoms with Crippen LogP contribution in [0.2, 0.25) is 0 Å². The maximum atomic E-state index is 9.62. The van der Waals surface area contributed by atoms with Gasteiger partial charge in [0.15, 0.2) is 6.29 Å². The zero-order chi connectivity index (χ0) is 11.5. The van der Waals surface area contributed by atoms with E-state index >= 15 is 0 Å². The third-order valence-electron chi connectivity index (χ3n) is 2.76. The normalized spacial score (nSPS) is 45.6. The second-order valence-electron chi connectivity index (χ2n) is 4.34. The van der Waals surface area contributed by atoms with Crippen molar-refractivity contribution in [3.8, 4) is 0 Å². The number of aliphatic hydroxyl groups excluding tert-OH is 3. The van der Waals surface area contributed by atoms with Crippen molar-refractivity contribution in [3.05, 3.63) is 0 Å². The Morgan fingerprint density at radius 3 is 2.38 bits per heavy atom. The Morgan fingerprint density at radius 2 is 1.69 bits per heavy atom. The molecular formula is C10H18O6. The Balaban J connectivity index is 1.80. The van der Waals surface area contributed by atoms with Crippen LogP contribution in [0.1, 0.15) is 12.8 Å². The summed E-state index contributed by atoms with van der Waals surface area (Å²) in [7, 11) is 0. The summed E-state index contributed by atoms with van der Waals surface area (Å²) >= 11 is 0. The van der Waals surface area contributed by atoms with Crippen molar-refractivity contribution in [3.63, 3.8) is 0 Å². The fourth-order valence-corrected chi connectivity index (χ4v) is 1.96. The lowest BCUT2D eigenvalue weighted by Gasteiger charge is -2.35. The molecule has 5 atom stereocenters. The van der Waals surface area contributed by atoms with Gasteiger partial charge in [-0.05, 0) is 0 Å². The van der Waals surface area contributed by atoms with Crippen molar-refractivity contribution in [1.82, 2.24) is 0 Å². The van der Waals surface area contributed by atoms with Crippen molar-refractivity contribution in [2.24, 2.45) is 0 Å². The summed E-state index contributed by atoms with van der Waals surface area (Å²) < 4.78 is 15.8. The molecule has 0 aromatic carbocycles. The Labute approximate surface area is 93.7 Å². The Hall–Kier alpha value is -0.240. The van der Waals surface area contributed by atoms with Gasteiger partial charge in [-0.25, -0.2) is 0 Å². The first kappa shape index (κ1) is 12.2. The second kappa shape index (κ2) is 5.39. The van der Waals surface area contributed by atoms with Crippen molar-refractivity contribution in [2.75, 3.05) is 19.8 Å². The molecular weight excluding hydrogens is 216 g/mol. The van der Waals surface area contributed by atoms with Crippen LogP contribution >= 0.6 is 0 Å². The summed E-state index contributed by atoms with van der Waals surface area (Å²) in [5, 5.41) is 28.2. The fraction of sp³-hybridized carbons (Fsp3) is 1.00. The molecule has 0 saturated carbocycles. The van der Waals surface area contributed by atoms with E-state index in [-0.39, 0.29) is 19.1 Å². The standard InChI is InChI=1S/C10H18O6/c11-6-1-8(5-14-3-6)16-10-9(13)2-7(12)4-15-10/h6-13H,1-5H2/t6-,7+,8+,9-,10-/m1/s1. The summed E-state index contributed by atoms with van der Waals surface area (Å²) in [6, 6.07) is 0. The summed E-state index contributed by atoms with van der Waals surface area (Å²) in [5.41, 5.74) is 0. The van der Waals surface area contributed by atoms with Gasteiger partial charge >= 0.3 is 0 Å². The molecule has 3 N–H and O–H groups in total. The highest BCUT2D eigenvalue weighted by molar-refractivity contribution is 4.76. The summed E-state index contributed by atoms with van der Waals surface area (Å²) in [6.07, 6.45) is -2.26. The van der Waals surface area contributed by atoms with E-state index in [1.54, 1.807) is 0 Å². The van der Waals surface area contributed by atoms with Gasteiger partial charge in [0.1, 0.15) is 6.10 Å². The SMILES string of the molecule is O[C@@H]1CO[C@H](O[C@@H]2COC[C@H](O)C2)[C@H](O)C1. The van der Waals surface area contributed by atoms with E-state index < -0.39 is 24.6 Å². The minimum absolute atomic E-state index is 0.165. The van der Waals surface area contributed by atoms with Gasteiger partial charge in [-0.3, -0.25) is 0 Å². The summed E-state index contributed by atoms with van der Waals surface area (Å²) in [6.45, 7) is 0.886. The topological polar surface area (TPSA) is 88.4 Å². The molecule has 0 radical (unpaired) electrons. The molecule has 2 saturated heterocycles. The average Bonchev–Trinajstić information content (AvgIpc) is 2.22. The Bertz CT molecular complexity index is 223. The van der Waals surface area contributed by atoms with Crippen LogP contribution < -0.4 is 0 Å². The summed E-state index contributed by atoms with van der Waals surface area (Å²) in [4.78, 5) is 0. The number of aliphatic hydroxyl groups is 3. The van der Waals surface area contributed by atoms with Gasteiger partial charge in [0.05, 0.1) is 38.1 Å². The van der Waals surface area contributed by atoms with Gasteiger partial charge in [-0.2, -0.15) is 0 Å². The van der Waals surface area contributed by atoms with Gasteiger partial charge in [0.25, 0.3) is 0 Å². The van der Waals surface area contributed by atoms with Crippen LogP contribution in [0.15, 0.2) is 0 Å². The number of hydrogen-bond donors (Lipinski definition) is 3. The van der Waals surface area contributed by atoms with Gasteiger partial charge in [0.2, 0.25) is 0 Å². The van der Waals surface area contributed by atoms with Crippen LogP contribution in [0.5, 0.6) is 0 Å². The van der Waals surface area contributed by atoms with Crippen LogP contribution in [0, 0.1) is 0 Å². The zero-order valence-corrected chi connectivity index (χ0v) is 8.99. The molecule has 0 spiro atoms. The molecule has 6 heteroatoms. The molecule has 94 valence electrons. The monoisotopic (exact) mass is 234 g/mol. The maximum Gasteiger partial charge on any atom is 0.184 e. The molecule has 0 unspecified atom stereocenters. The first-order valence-corrected chi connectivity index (χ1v) is 5.54. The van der Waals surface area contributed by atoms with Crippen molar-refractivity contribution in [2.45, 2.75) is 43.5 Å². The number of rotatable bonds is 2. The van der Waals surface area contributed by atoms with Crippen LogP contribution in [-0.2, 0) is 14.2 Å². The molecule has 2 rings (SSSR count). The lowest BCUT2D eigenvalue weighted by atomic mass is 10.1. The molecule has 2 fully saturated rings. The molecule has 0 bridgehead atoms. The molecule has 2 aliphatic heterocycles. The Morgan fingerprint density at radius 1 is 0.938 bits per heavy atom. The smallest absolute Gasteiger partial charge is 0.184 e. The average molecular weight is 234 g/mol. The largest absolute Gasteiger partial charge is 0.391 e. The van der Waals surface area contributed by atoms with Crippen molar-refractivity contribution >= 4 is 0 Å². The van der Waals surface area contributed by atoms with Gasteiger partial charge in [-0.1, -0.05) is 0 Å². The van der Waals surface area contributed by atoms with Crippen molar-refractivity contribution < 1.29 is 29.5 Å². The van der Waals surface area contributed by atoms with E-state index in [0.29, 0.717) is 19.6 Å². The predicted octanol–water partition coefficient (Wildman–Crippen LogP) is -1.38. The van der Waals surface area contributed by atoms with E-state index in [2.05, 4.69) is 0 Å².